The fraction of sp³-hybridized carbons (Fsp3) is 0.182. The van der Waals surface area contributed by atoms with Gasteiger partial charge in [0.15, 0.2) is 0 Å². The lowest BCUT2D eigenvalue weighted by atomic mass is 10.2. The Hall–Kier alpha value is -2.17. The van der Waals surface area contributed by atoms with E-state index in [0.29, 0.717) is 11.1 Å². The van der Waals surface area contributed by atoms with Gasteiger partial charge in [0.25, 0.3) is 5.56 Å². The van der Waals surface area contributed by atoms with E-state index in [4.69, 9.17) is 0 Å². The van der Waals surface area contributed by atoms with Gasteiger partial charge in [-0.3, -0.25) is 4.79 Å². The van der Waals surface area contributed by atoms with Gasteiger partial charge in [0.1, 0.15) is 5.69 Å². The first-order valence-electron chi connectivity index (χ1n) is 4.70. The second-order valence-corrected chi connectivity index (χ2v) is 3.43. The van der Waals surface area contributed by atoms with Gasteiger partial charge in [-0.05, 0) is 19.1 Å². The van der Waals surface area contributed by atoms with E-state index in [1.807, 2.05) is 0 Å². The summed E-state index contributed by atoms with van der Waals surface area (Å²) in [5.74, 6) is -0.495. The number of nitrogens with zero attached hydrogens (tertiary/aromatic N) is 1. The fourth-order valence-corrected chi connectivity index (χ4v) is 1.43. The molecule has 1 N–H and O–H groups in total. The molecule has 0 aliphatic heterocycles. The van der Waals surface area contributed by atoms with Crippen molar-refractivity contribution in [3.63, 3.8) is 0 Å². The fourth-order valence-electron chi connectivity index (χ4n) is 1.43. The maximum atomic E-state index is 11.3. The van der Waals surface area contributed by atoms with E-state index < -0.39 is 5.97 Å². The minimum Gasteiger partial charge on any atom is -0.464 e. The minimum atomic E-state index is -0.495. The maximum Gasteiger partial charge on any atom is 0.356 e. The molecule has 0 radical (unpaired) electrons. The topological polar surface area (TPSA) is 72.1 Å². The van der Waals surface area contributed by atoms with E-state index in [0.717, 1.165) is 5.39 Å². The van der Waals surface area contributed by atoms with Gasteiger partial charge in [-0.2, -0.15) is 0 Å². The van der Waals surface area contributed by atoms with Crippen molar-refractivity contribution in [1.29, 1.82) is 0 Å². The van der Waals surface area contributed by atoms with Gasteiger partial charge in [0.2, 0.25) is 0 Å². The molecule has 0 fully saturated rings. The number of fused-ring (bicyclic) bond motifs is 1. The summed E-state index contributed by atoms with van der Waals surface area (Å²) in [5.41, 5.74) is 1.26. The Morgan fingerprint density at radius 2 is 2.19 bits per heavy atom. The molecule has 2 aromatic rings. The highest BCUT2D eigenvalue weighted by molar-refractivity contribution is 5.91. The smallest absolute Gasteiger partial charge is 0.356 e. The van der Waals surface area contributed by atoms with E-state index in [2.05, 4.69) is 14.7 Å². The summed E-state index contributed by atoms with van der Waals surface area (Å²) >= 11 is 0. The highest BCUT2D eigenvalue weighted by Gasteiger charge is 2.08. The summed E-state index contributed by atoms with van der Waals surface area (Å²) in [5, 5.41) is 0.757. The van der Waals surface area contributed by atoms with Gasteiger partial charge in [-0.1, -0.05) is 0 Å². The molecule has 0 atom stereocenters. The van der Waals surface area contributed by atoms with Crippen molar-refractivity contribution in [2.24, 2.45) is 0 Å². The van der Waals surface area contributed by atoms with Gasteiger partial charge in [-0.15, -0.1) is 0 Å². The van der Waals surface area contributed by atoms with Crippen LogP contribution in [-0.4, -0.2) is 23.0 Å². The summed E-state index contributed by atoms with van der Waals surface area (Å²) in [6, 6.07) is 3.30. The number of pyridine rings is 2. The summed E-state index contributed by atoms with van der Waals surface area (Å²) in [7, 11) is 1.30. The van der Waals surface area contributed by atoms with Crippen LogP contribution in [0.25, 0.3) is 10.9 Å². The van der Waals surface area contributed by atoms with Crippen molar-refractivity contribution in [2.75, 3.05) is 7.11 Å². The molecular weight excluding hydrogens is 208 g/mol. The molecule has 5 heteroatoms. The minimum absolute atomic E-state index is 0.153. The summed E-state index contributed by atoms with van der Waals surface area (Å²) in [6.45, 7) is 1.70. The average molecular weight is 218 g/mol. The van der Waals surface area contributed by atoms with E-state index in [1.54, 1.807) is 19.1 Å². The van der Waals surface area contributed by atoms with Crippen LogP contribution >= 0.6 is 0 Å². The van der Waals surface area contributed by atoms with Crippen molar-refractivity contribution in [3.05, 3.63) is 39.9 Å². The molecule has 0 saturated carbocycles. The van der Waals surface area contributed by atoms with Crippen LogP contribution < -0.4 is 5.56 Å². The lowest BCUT2D eigenvalue weighted by molar-refractivity contribution is 0.0594. The third-order valence-electron chi connectivity index (χ3n) is 2.31. The highest BCUT2D eigenvalue weighted by atomic mass is 16.5. The molecule has 0 amide bonds. The second kappa shape index (κ2) is 3.77. The maximum absolute atomic E-state index is 11.3. The van der Waals surface area contributed by atoms with Crippen LogP contribution in [0.5, 0.6) is 0 Å². The number of ether oxygens (including phenoxy) is 1. The van der Waals surface area contributed by atoms with Gasteiger partial charge in [0, 0.05) is 10.9 Å². The number of aromatic amines is 1. The number of carbonyl (C=O) groups is 1. The number of carbonyl (C=O) groups excluding carboxylic acids is 1. The van der Waals surface area contributed by atoms with Crippen LogP contribution in [0, 0.1) is 6.92 Å². The number of nitrogens with one attached hydrogen (secondary N) is 1. The zero-order valence-corrected chi connectivity index (χ0v) is 8.90. The molecule has 2 rings (SSSR count). The first-order valence-corrected chi connectivity index (χ1v) is 4.70. The van der Waals surface area contributed by atoms with Crippen LogP contribution in [0.15, 0.2) is 23.1 Å². The van der Waals surface area contributed by atoms with E-state index >= 15 is 0 Å². The standard InChI is InChI=1S/C11H10N2O3/c1-6-3-7-4-8(11(15)16-2)12-5-9(7)13-10(6)14/h3-5H,1-2H3,(H,13,14). The Balaban J connectivity index is 2.67. The molecular formula is C11H10N2O3. The molecule has 16 heavy (non-hydrogen) atoms. The molecule has 0 aliphatic rings. The number of rotatable bonds is 1. The van der Waals surface area contributed by atoms with Crippen LogP contribution in [0.3, 0.4) is 0 Å². The molecule has 0 spiro atoms. The van der Waals surface area contributed by atoms with Gasteiger partial charge in [-0.25, -0.2) is 9.78 Å². The first-order chi connectivity index (χ1) is 7.61. The number of aromatic nitrogens is 2. The third-order valence-corrected chi connectivity index (χ3v) is 2.31. The summed E-state index contributed by atoms with van der Waals surface area (Å²) < 4.78 is 4.57. The zero-order valence-electron chi connectivity index (χ0n) is 8.90. The van der Waals surface area contributed by atoms with E-state index in [9.17, 15) is 9.59 Å². The first kappa shape index (κ1) is 10.4. The molecule has 5 nitrogen and oxygen atoms in total. The lowest BCUT2D eigenvalue weighted by Gasteiger charge is -2.01. The summed E-state index contributed by atoms with van der Waals surface area (Å²) in [6.07, 6.45) is 1.45. The second-order valence-electron chi connectivity index (χ2n) is 3.43. The van der Waals surface area contributed by atoms with Crippen LogP contribution in [-0.2, 0) is 4.74 Å². The largest absolute Gasteiger partial charge is 0.464 e. The lowest BCUT2D eigenvalue weighted by Crippen LogP contribution is -2.10. The predicted octanol–water partition coefficient (Wildman–Crippen LogP) is 1.02. The normalized spacial score (nSPS) is 10.4. The van der Waals surface area contributed by atoms with Crippen molar-refractivity contribution in [1.82, 2.24) is 9.97 Å². The Morgan fingerprint density at radius 3 is 2.88 bits per heavy atom. The number of aryl methyl sites for hydroxylation is 1. The molecule has 0 aromatic carbocycles. The number of hydrogen-bond donors (Lipinski definition) is 1. The highest BCUT2D eigenvalue weighted by Crippen LogP contribution is 2.11. The third kappa shape index (κ3) is 1.67. The van der Waals surface area contributed by atoms with Gasteiger partial charge < -0.3 is 9.72 Å². The number of hydrogen-bond acceptors (Lipinski definition) is 4. The van der Waals surface area contributed by atoms with Crippen molar-refractivity contribution < 1.29 is 9.53 Å². The van der Waals surface area contributed by atoms with Crippen molar-refractivity contribution in [3.8, 4) is 0 Å². The Kier molecular flexibility index (Phi) is 2.44. The van der Waals surface area contributed by atoms with Crippen molar-refractivity contribution >= 4 is 16.9 Å². The number of esters is 1. The van der Waals surface area contributed by atoms with Crippen molar-refractivity contribution in [2.45, 2.75) is 6.92 Å². The molecule has 0 bridgehead atoms. The SMILES string of the molecule is COC(=O)c1cc2cc(C)c(=O)[nH]c2cn1. The van der Waals surface area contributed by atoms with Gasteiger partial charge >= 0.3 is 5.97 Å². The van der Waals surface area contributed by atoms with Crippen LogP contribution in [0.4, 0.5) is 0 Å². The molecule has 0 unspecified atom stereocenters. The van der Waals surface area contributed by atoms with Gasteiger partial charge in [0.05, 0.1) is 18.8 Å². The average Bonchev–Trinajstić information content (AvgIpc) is 2.29. The predicted molar refractivity (Wildman–Crippen MR) is 58.4 cm³/mol. The molecule has 0 aliphatic carbocycles. The van der Waals surface area contributed by atoms with E-state index in [1.165, 1.54) is 13.3 Å². The number of methoxy groups -OCH3 is 1. The van der Waals surface area contributed by atoms with Crippen LogP contribution in [0.1, 0.15) is 16.1 Å². The molecule has 82 valence electrons. The number of H-pyrrole nitrogens is 1. The van der Waals surface area contributed by atoms with E-state index in [-0.39, 0.29) is 11.3 Å². The summed E-state index contributed by atoms with van der Waals surface area (Å²) in [4.78, 5) is 29.2. The Morgan fingerprint density at radius 1 is 1.44 bits per heavy atom. The molecule has 2 heterocycles. The Labute approximate surface area is 91.1 Å². The quantitative estimate of drug-likeness (QED) is 0.725. The van der Waals surface area contributed by atoms with Crippen LogP contribution in [0.2, 0.25) is 0 Å². The Bertz CT molecular complexity index is 616. The monoisotopic (exact) mass is 218 g/mol. The molecule has 0 saturated heterocycles. The zero-order chi connectivity index (χ0) is 11.7. The molecule has 2 aromatic heterocycles.